The fourth-order valence-electron chi connectivity index (χ4n) is 1.47. The Bertz CT molecular complexity index is 585. The van der Waals surface area contributed by atoms with Gasteiger partial charge in [-0.05, 0) is 19.1 Å². The lowest BCUT2D eigenvalue weighted by atomic mass is 10.3. The number of rotatable bonds is 4. The number of imidazole rings is 1. The topological polar surface area (TPSA) is 57.8 Å². The molecule has 1 heterocycles. The molecule has 1 aromatic carbocycles. The summed E-state index contributed by atoms with van der Waals surface area (Å²) < 4.78 is 0. The predicted molar refractivity (Wildman–Crippen MR) is 75.5 cm³/mol. The maximum atomic E-state index is 11.3. The third kappa shape index (κ3) is 3.10. The molecule has 2 aromatic rings. The molecule has 0 fully saturated rings. The largest absolute Gasteiger partial charge is 0.356 e. The fourth-order valence-corrected chi connectivity index (χ4v) is 2.71. The van der Waals surface area contributed by atoms with Crippen LogP contribution < -0.4 is 5.32 Å². The maximum Gasteiger partial charge on any atom is 0.230 e. The third-order valence-electron chi connectivity index (χ3n) is 2.20. The Labute approximate surface area is 118 Å². The minimum absolute atomic E-state index is 0.0212. The molecule has 1 amide bonds. The van der Waals surface area contributed by atoms with Crippen LogP contribution in [0.4, 0.5) is 0 Å². The number of thioether (sulfide) groups is 1. The number of hydrogen-bond donors (Lipinski definition) is 2. The SMILES string of the molecule is CCNC(=O)CSc1nc2c(Cl)cc(Cl)cc2[nH]1. The van der Waals surface area contributed by atoms with E-state index in [4.69, 9.17) is 23.2 Å². The van der Waals surface area contributed by atoms with E-state index in [-0.39, 0.29) is 5.91 Å². The number of fused-ring (bicyclic) bond motifs is 1. The summed E-state index contributed by atoms with van der Waals surface area (Å²) in [6.45, 7) is 2.51. The molecule has 0 saturated heterocycles. The van der Waals surface area contributed by atoms with E-state index in [1.807, 2.05) is 6.92 Å². The van der Waals surface area contributed by atoms with Gasteiger partial charge in [0.25, 0.3) is 0 Å². The van der Waals surface area contributed by atoms with E-state index in [1.54, 1.807) is 12.1 Å². The summed E-state index contributed by atoms with van der Waals surface area (Å²) in [7, 11) is 0. The van der Waals surface area contributed by atoms with Crippen molar-refractivity contribution in [3.05, 3.63) is 22.2 Å². The number of H-pyrrole nitrogens is 1. The van der Waals surface area contributed by atoms with E-state index in [0.717, 1.165) is 5.52 Å². The average molecular weight is 304 g/mol. The molecule has 0 saturated carbocycles. The zero-order valence-corrected chi connectivity index (χ0v) is 11.9. The lowest BCUT2D eigenvalue weighted by Gasteiger charge is -1.98. The lowest BCUT2D eigenvalue weighted by Crippen LogP contribution is -2.24. The van der Waals surface area contributed by atoms with Crippen molar-refractivity contribution in [1.29, 1.82) is 0 Å². The van der Waals surface area contributed by atoms with Gasteiger partial charge in [0.05, 0.1) is 16.3 Å². The Morgan fingerprint density at radius 3 is 3.00 bits per heavy atom. The van der Waals surface area contributed by atoms with E-state index in [0.29, 0.717) is 33.0 Å². The molecular formula is C11H11Cl2N3OS. The van der Waals surface area contributed by atoms with Gasteiger partial charge in [-0.3, -0.25) is 4.79 Å². The summed E-state index contributed by atoms with van der Waals surface area (Å²) in [6, 6.07) is 3.40. The van der Waals surface area contributed by atoms with Gasteiger partial charge in [-0.1, -0.05) is 35.0 Å². The predicted octanol–water partition coefficient (Wildman–Crippen LogP) is 3.10. The van der Waals surface area contributed by atoms with Gasteiger partial charge in [0.2, 0.25) is 5.91 Å². The highest BCUT2D eigenvalue weighted by atomic mass is 35.5. The number of aromatic amines is 1. The zero-order valence-electron chi connectivity index (χ0n) is 9.59. The average Bonchev–Trinajstić information content (AvgIpc) is 2.70. The molecule has 0 aliphatic carbocycles. The number of carbonyl (C=O) groups excluding carboxylic acids is 1. The molecular weight excluding hydrogens is 293 g/mol. The van der Waals surface area contributed by atoms with Gasteiger partial charge in [-0.25, -0.2) is 4.98 Å². The van der Waals surface area contributed by atoms with Gasteiger partial charge >= 0.3 is 0 Å². The Morgan fingerprint density at radius 1 is 1.50 bits per heavy atom. The standard InChI is InChI=1S/C11H11Cl2N3OS/c1-2-14-9(17)5-18-11-15-8-4-6(12)3-7(13)10(8)16-11/h3-4H,2,5H2,1H3,(H,14,17)(H,15,16). The van der Waals surface area contributed by atoms with Gasteiger partial charge in [-0.15, -0.1) is 0 Å². The molecule has 96 valence electrons. The molecule has 4 nitrogen and oxygen atoms in total. The summed E-state index contributed by atoms with van der Waals surface area (Å²) in [4.78, 5) is 18.7. The molecule has 0 spiro atoms. The van der Waals surface area contributed by atoms with Crippen molar-refractivity contribution in [3.8, 4) is 0 Å². The fraction of sp³-hybridized carbons (Fsp3) is 0.273. The number of aromatic nitrogens is 2. The number of amides is 1. The minimum atomic E-state index is -0.0212. The normalized spacial score (nSPS) is 10.8. The van der Waals surface area contributed by atoms with Crippen LogP contribution in [0.1, 0.15) is 6.92 Å². The van der Waals surface area contributed by atoms with Crippen LogP contribution in [-0.4, -0.2) is 28.2 Å². The first-order valence-corrected chi connectivity index (χ1v) is 7.08. The van der Waals surface area contributed by atoms with Crippen molar-refractivity contribution in [1.82, 2.24) is 15.3 Å². The highest BCUT2D eigenvalue weighted by Gasteiger charge is 2.09. The first kappa shape index (κ1) is 13.5. The van der Waals surface area contributed by atoms with Crippen molar-refractivity contribution < 1.29 is 4.79 Å². The van der Waals surface area contributed by atoms with Crippen LogP contribution in [0.3, 0.4) is 0 Å². The molecule has 0 aliphatic rings. The van der Waals surface area contributed by atoms with Gasteiger partial charge in [-0.2, -0.15) is 0 Å². The molecule has 0 aliphatic heterocycles. The summed E-state index contributed by atoms with van der Waals surface area (Å²) >= 11 is 13.3. The molecule has 2 N–H and O–H groups in total. The Morgan fingerprint density at radius 2 is 2.28 bits per heavy atom. The van der Waals surface area contributed by atoms with E-state index >= 15 is 0 Å². The van der Waals surface area contributed by atoms with Crippen molar-refractivity contribution in [2.24, 2.45) is 0 Å². The first-order valence-electron chi connectivity index (χ1n) is 5.34. The summed E-state index contributed by atoms with van der Waals surface area (Å²) in [5.74, 6) is 0.297. The number of hydrogen-bond acceptors (Lipinski definition) is 3. The molecule has 0 atom stereocenters. The molecule has 0 unspecified atom stereocenters. The van der Waals surface area contributed by atoms with E-state index < -0.39 is 0 Å². The molecule has 18 heavy (non-hydrogen) atoms. The highest BCUT2D eigenvalue weighted by molar-refractivity contribution is 7.99. The van der Waals surface area contributed by atoms with Crippen LogP contribution >= 0.6 is 35.0 Å². The molecule has 0 bridgehead atoms. The highest BCUT2D eigenvalue weighted by Crippen LogP contribution is 2.28. The van der Waals surface area contributed by atoms with E-state index in [2.05, 4.69) is 15.3 Å². The summed E-state index contributed by atoms with van der Waals surface area (Å²) in [5, 5.41) is 4.43. The van der Waals surface area contributed by atoms with Crippen LogP contribution in [0, 0.1) is 0 Å². The lowest BCUT2D eigenvalue weighted by molar-refractivity contribution is -0.118. The third-order valence-corrected chi connectivity index (χ3v) is 3.58. The van der Waals surface area contributed by atoms with Crippen LogP contribution in [0.25, 0.3) is 11.0 Å². The number of halogens is 2. The second-order valence-electron chi connectivity index (χ2n) is 3.57. The van der Waals surface area contributed by atoms with Crippen molar-refractivity contribution in [2.75, 3.05) is 12.3 Å². The monoisotopic (exact) mass is 303 g/mol. The Hall–Kier alpha value is -0.910. The molecule has 2 rings (SSSR count). The number of nitrogens with one attached hydrogen (secondary N) is 2. The van der Waals surface area contributed by atoms with Crippen molar-refractivity contribution in [2.45, 2.75) is 12.1 Å². The quantitative estimate of drug-likeness (QED) is 0.853. The van der Waals surface area contributed by atoms with Crippen molar-refractivity contribution in [3.63, 3.8) is 0 Å². The van der Waals surface area contributed by atoms with Gasteiger partial charge in [0.1, 0.15) is 5.52 Å². The molecule has 1 aromatic heterocycles. The smallest absolute Gasteiger partial charge is 0.230 e. The van der Waals surface area contributed by atoms with Gasteiger partial charge in [0.15, 0.2) is 5.16 Å². The zero-order chi connectivity index (χ0) is 13.1. The maximum absolute atomic E-state index is 11.3. The Balaban J connectivity index is 2.15. The summed E-state index contributed by atoms with van der Waals surface area (Å²) in [5.41, 5.74) is 1.44. The number of nitrogens with zero attached hydrogens (tertiary/aromatic N) is 1. The van der Waals surface area contributed by atoms with Crippen LogP contribution in [0.5, 0.6) is 0 Å². The van der Waals surface area contributed by atoms with E-state index in [1.165, 1.54) is 11.8 Å². The minimum Gasteiger partial charge on any atom is -0.356 e. The van der Waals surface area contributed by atoms with Crippen LogP contribution in [0.2, 0.25) is 10.0 Å². The molecule has 7 heteroatoms. The van der Waals surface area contributed by atoms with Gasteiger partial charge < -0.3 is 10.3 Å². The molecule has 0 radical (unpaired) electrons. The van der Waals surface area contributed by atoms with E-state index in [9.17, 15) is 4.79 Å². The van der Waals surface area contributed by atoms with Crippen LogP contribution in [-0.2, 0) is 4.79 Å². The first-order chi connectivity index (χ1) is 8.60. The number of benzene rings is 1. The summed E-state index contributed by atoms with van der Waals surface area (Å²) in [6.07, 6.45) is 0. The second-order valence-corrected chi connectivity index (χ2v) is 5.38. The Kier molecular flexibility index (Phi) is 4.37. The second kappa shape index (κ2) is 5.82. The van der Waals surface area contributed by atoms with Crippen LogP contribution in [0.15, 0.2) is 17.3 Å². The van der Waals surface area contributed by atoms with Gasteiger partial charge in [0, 0.05) is 11.6 Å². The number of carbonyl (C=O) groups is 1. The van der Waals surface area contributed by atoms with Crippen molar-refractivity contribution >= 4 is 51.9 Å².